The summed E-state index contributed by atoms with van der Waals surface area (Å²) in [6.45, 7) is -0.513. The Labute approximate surface area is 132 Å². The molecule has 2 aromatic carbocycles. The van der Waals surface area contributed by atoms with Crippen molar-refractivity contribution in [3.8, 4) is 17.2 Å². The number of hydrogen-bond donors (Lipinski definition) is 3. The van der Waals surface area contributed by atoms with Crippen molar-refractivity contribution >= 4 is 12.1 Å². The maximum atomic E-state index is 12.1. The summed E-state index contributed by atoms with van der Waals surface area (Å²) >= 11 is 0. The summed E-state index contributed by atoms with van der Waals surface area (Å²) in [4.78, 5) is 24.1. The normalized spacial score (nSPS) is 10.1. The average Bonchev–Trinajstić information content (AvgIpc) is 2.50. The summed E-state index contributed by atoms with van der Waals surface area (Å²) < 4.78 is 5.09. The third kappa shape index (κ3) is 4.92. The molecule has 7 heteroatoms. The van der Waals surface area contributed by atoms with Crippen LogP contribution in [0.5, 0.6) is 17.2 Å². The Hall–Kier alpha value is -3.22. The Kier molecular flexibility index (Phi) is 5.03. The fourth-order valence-corrected chi connectivity index (χ4v) is 1.85. The minimum atomic E-state index is -1.17. The van der Waals surface area contributed by atoms with Crippen LogP contribution in [0, 0.1) is 0 Å². The number of nitrogens with zero attached hydrogens (tertiary/aromatic N) is 1. The van der Waals surface area contributed by atoms with Crippen LogP contribution < -0.4 is 4.74 Å². The molecule has 0 heterocycles. The van der Waals surface area contributed by atoms with Crippen molar-refractivity contribution in [2.24, 2.45) is 0 Å². The Morgan fingerprint density at radius 3 is 1.96 bits per heavy atom. The number of aromatic hydroxyl groups is 2. The highest BCUT2D eigenvalue weighted by molar-refractivity contribution is 5.78. The highest BCUT2D eigenvalue weighted by Gasteiger charge is 2.19. The van der Waals surface area contributed by atoms with Gasteiger partial charge in [0, 0.05) is 6.54 Å². The maximum absolute atomic E-state index is 12.1. The largest absolute Gasteiger partial charge is 0.508 e. The molecule has 7 nitrogen and oxygen atoms in total. The van der Waals surface area contributed by atoms with Crippen LogP contribution in [-0.2, 0) is 11.3 Å². The van der Waals surface area contributed by atoms with Crippen molar-refractivity contribution in [2.45, 2.75) is 6.54 Å². The zero-order valence-corrected chi connectivity index (χ0v) is 12.0. The van der Waals surface area contributed by atoms with E-state index in [-0.39, 0.29) is 23.8 Å². The van der Waals surface area contributed by atoms with Crippen molar-refractivity contribution in [3.05, 3.63) is 54.1 Å². The van der Waals surface area contributed by atoms with E-state index in [1.165, 1.54) is 36.4 Å². The lowest BCUT2D eigenvalue weighted by atomic mass is 10.2. The summed E-state index contributed by atoms with van der Waals surface area (Å²) in [7, 11) is 0. The average molecular weight is 317 g/mol. The number of phenols is 2. The van der Waals surface area contributed by atoms with Crippen LogP contribution in [0.4, 0.5) is 4.79 Å². The second-order valence-electron chi connectivity index (χ2n) is 4.78. The second kappa shape index (κ2) is 7.17. The summed E-state index contributed by atoms with van der Waals surface area (Å²) in [5, 5.41) is 27.4. The van der Waals surface area contributed by atoms with E-state index in [1.807, 2.05) is 0 Å². The molecule has 0 aliphatic carbocycles. The number of ether oxygens (including phenoxy) is 1. The standard InChI is InChI=1S/C16H15NO6/c18-12-3-1-11(2-4-12)9-17(10-15(20)21)16(22)23-14-7-5-13(19)6-8-14/h1-8,18-19H,9-10H2,(H,20,21). The molecule has 0 aromatic heterocycles. The molecule has 23 heavy (non-hydrogen) atoms. The molecule has 120 valence electrons. The van der Waals surface area contributed by atoms with Crippen molar-refractivity contribution in [3.63, 3.8) is 0 Å². The summed E-state index contributed by atoms with van der Waals surface area (Å²) in [5.41, 5.74) is 0.645. The molecule has 0 spiro atoms. The SMILES string of the molecule is O=C(O)CN(Cc1ccc(O)cc1)C(=O)Oc1ccc(O)cc1. The van der Waals surface area contributed by atoms with E-state index >= 15 is 0 Å². The highest BCUT2D eigenvalue weighted by Crippen LogP contribution is 2.18. The van der Waals surface area contributed by atoms with Crippen LogP contribution in [0.25, 0.3) is 0 Å². The van der Waals surface area contributed by atoms with E-state index in [0.29, 0.717) is 5.56 Å². The Bertz CT molecular complexity index is 681. The van der Waals surface area contributed by atoms with E-state index in [0.717, 1.165) is 4.90 Å². The maximum Gasteiger partial charge on any atom is 0.416 e. The lowest BCUT2D eigenvalue weighted by Gasteiger charge is -2.20. The number of phenolic OH excluding ortho intramolecular Hbond substituents is 2. The molecule has 0 fully saturated rings. The third-order valence-corrected chi connectivity index (χ3v) is 2.94. The molecule has 0 atom stereocenters. The number of aliphatic carboxylic acids is 1. The predicted octanol–water partition coefficient (Wildman–Crippen LogP) is 2.18. The second-order valence-corrected chi connectivity index (χ2v) is 4.78. The molecular formula is C16H15NO6. The van der Waals surface area contributed by atoms with Crippen LogP contribution in [0.3, 0.4) is 0 Å². The quantitative estimate of drug-likeness (QED) is 0.780. The third-order valence-electron chi connectivity index (χ3n) is 2.94. The Morgan fingerprint density at radius 1 is 0.913 bits per heavy atom. The number of carboxylic acids is 1. The number of rotatable bonds is 5. The van der Waals surface area contributed by atoms with Crippen LogP contribution in [0.15, 0.2) is 48.5 Å². The lowest BCUT2D eigenvalue weighted by molar-refractivity contribution is -0.138. The summed E-state index contributed by atoms with van der Waals surface area (Å²) in [6, 6.07) is 11.5. The van der Waals surface area contributed by atoms with Gasteiger partial charge < -0.3 is 20.1 Å². The van der Waals surface area contributed by atoms with Crippen LogP contribution >= 0.6 is 0 Å². The zero-order valence-electron chi connectivity index (χ0n) is 12.0. The Morgan fingerprint density at radius 2 is 1.43 bits per heavy atom. The first-order valence-electron chi connectivity index (χ1n) is 6.69. The van der Waals surface area contributed by atoms with Gasteiger partial charge in [-0.25, -0.2) is 4.79 Å². The van der Waals surface area contributed by atoms with Gasteiger partial charge in [0.05, 0.1) is 0 Å². The first kappa shape index (κ1) is 16.2. The minimum absolute atomic E-state index is 0.0174. The molecule has 0 aliphatic heterocycles. The first-order valence-corrected chi connectivity index (χ1v) is 6.69. The van der Waals surface area contributed by atoms with E-state index < -0.39 is 18.6 Å². The van der Waals surface area contributed by atoms with E-state index in [4.69, 9.17) is 9.84 Å². The van der Waals surface area contributed by atoms with Crippen molar-refractivity contribution in [1.29, 1.82) is 0 Å². The molecule has 0 saturated heterocycles. The molecule has 1 amide bonds. The summed E-state index contributed by atoms with van der Waals surface area (Å²) in [5.74, 6) is -0.887. The van der Waals surface area contributed by atoms with Gasteiger partial charge in [0.25, 0.3) is 0 Å². The van der Waals surface area contributed by atoms with Gasteiger partial charge in [-0.3, -0.25) is 9.69 Å². The molecule has 0 unspecified atom stereocenters. The number of amides is 1. The molecule has 2 aromatic rings. The van der Waals surface area contributed by atoms with Crippen molar-refractivity contribution in [1.82, 2.24) is 4.90 Å². The number of carbonyl (C=O) groups excluding carboxylic acids is 1. The van der Waals surface area contributed by atoms with E-state index in [1.54, 1.807) is 12.1 Å². The molecule has 3 N–H and O–H groups in total. The van der Waals surface area contributed by atoms with Crippen LogP contribution in [0.1, 0.15) is 5.56 Å². The Balaban J connectivity index is 2.09. The van der Waals surface area contributed by atoms with Gasteiger partial charge in [-0.15, -0.1) is 0 Å². The van der Waals surface area contributed by atoms with E-state index in [2.05, 4.69) is 0 Å². The smallest absolute Gasteiger partial charge is 0.416 e. The van der Waals surface area contributed by atoms with Gasteiger partial charge in [0.1, 0.15) is 23.8 Å². The molecule has 0 saturated carbocycles. The van der Waals surface area contributed by atoms with Crippen LogP contribution in [0.2, 0.25) is 0 Å². The number of carbonyl (C=O) groups is 2. The van der Waals surface area contributed by atoms with Crippen molar-refractivity contribution < 1.29 is 29.6 Å². The van der Waals surface area contributed by atoms with Gasteiger partial charge in [-0.1, -0.05) is 12.1 Å². The fraction of sp³-hybridized carbons (Fsp3) is 0.125. The van der Waals surface area contributed by atoms with Crippen LogP contribution in [-0.4, -0.2) is 38.8 Å². The monoisotopic (exact) mass is 317 g/mol. The number of benzene rings is 2. The number of hydrogen-bond acceptors (Lipinski definition) is 5. The predicted molar refractivity (Wildman–Crippen MR) is 80.3 cm³/mol. The molecular weight excluding hydrogens is 302 g/mol. The minimum Gasteiger partial charge on any atom is -0.508 e. The molecule has 0 radical (unpaired) electrons. The van der Waals surface area contributed by atoms with Gasteiger partial charge in [-0.2, -0.15) is 0 Å². The lowest BCUT2D eigenvalue weighted by Crippen LogP contribution is -2.37. The first-order chi connectivity index (χ1) is 10.9. The summed E-state index contributed by atoms with van der Waals surface area (Å²) in [6.07, 6.45) is -0.828. The van der Waals surface area contributed by atoms with Gasteiger partial charge in [0.15, 0.2) is 0 Å². The fourth-order valence-electron chi connectivity index (χ4n) is 1.85. The van der Waals surface area contributed by atoms with Gasteiger partial charge >= 0.3 is 12.1 Å². The highest BCUT2D eigenvalue weighted by atomic mass is 16.6. The van der Waals surface area contributed by atoms with Gasteiger partial charge in [-0.05, 0) is 42.0 Å². The van der Waals surface area contributed by atoms with Crippen molar-refractivity contribution in [2.75, 3.05) is 6.54 Å². The zero-order chi connectivity index (χ0) is 16.8. The topological polar surface area (TPSA) is 107 Å². The molecule has 0 aliphatic rings. The van der Waals surface area contributed by atoms with E-state index in [9.17, 15) is 19.8 Å². The number of carboxylic acid groups (broad SMARTS) is 1. The molecule has 0 bridgehead atoms. The van der Waals surface area contributed by atoms with Gasteiger partial charge in [0.2, 0.25) is 0 Å². The molecule has 2 rings (SSSR count).